The molecule has 1 unspecified atom stereocenters. The highest BCUT2D eigenvalue weighted by Crippen LogP contribution is 2.28. The van der Waals surface area contributed by atoms with Gasteiger partial charge in [-0.1, -0.05) is 20.8 Å². The average Bonchev–Trinajstić information content (AvgIpc) is 2.43. The summed E-state index contributed by atoms with van der Waals surface area (Å²) in [6.07, 6.45) is -0.760. The maximum absolute atomic E-state index is 13.9. The molecule has 1 rings (SSSR count). The molecule has 136 valence electrons. The number of esters is 1. The molecule has 9 heteroatoms. The number of benzene rings is 1. The van der Waals surface area contributed by atoms with Crippen molar-refractivity contribution in [2.24, 2.45) is 5.41 Å². The maximum Gasteiger partial charge on any atom is 0.338 e. The van der Waals surface area contributed by atoms with Crippen molar-refractivity contribution in [3.8, 4) is 5.75 Å². The SMILES string of the molecule is COC(Oc1cc(C(=O)OCCS(=O)(=O)[O-])ccc1F)C(C)(C)C. The average molecular weight is 363 g/mol. The molecule has 0 bridgehead atoms. The van der Waals surface area contributed by atoms with E-state index < -0.39 is 46.0 Å². The summed E-state index contributed by atoms with van der Waals surface area (Å²) in [7, 11) is -3.07. The topological polar surface area (TPSA) is 102 Å². The number of methoxy groups -OCH3 is 1. The van der Waals surface area contributed by atoms with Crippen LogP contribution in [0.4, 0.5) is 4.39 Å². The molecule has 0 heterocycles. The highest BCUT2D eigenvalue weighted by Gasteiger charge is 2.27. The van der Waals surface area contributed by atoms with E-state index >= 15 is 0 Å². The molecule has 0 N–H and O–H groups in total. The summed E-state index contributed by atoms with van der Waals surface area (Å²) in [6, 6.07) is 3.31. The molecule has 1 aromatic carbocycles. The zero-order valence-electron chi connectivity index (χ0n) is 13.9. The summed E-state index contributed by atoms with van der Waals surface area (Å²) < 4.78 is 60.6. The van der Waals surface area contributed by atoms with E-state index in [1.165, 1.54) is 7.11 Å². The highest BCUT2D eigenvalue weighted by atomic mass is 32.2. The van der Waals surface area contributed by atoms with Crippen LogP contribution in [0.25, 0.3) is 0 Å². The minimum Gasteiger partial charge on any atom is -0.748 e. The molecular weight excluding hydrogens is 343 g/mol. The first-order valence-corrected chi connectivity index (χ1v) is 8.61. The first-order chi connectivity index (χ1) is 10.9. The third kappa shape index (κ3) is 6.42. The van der Waals surface area contributed by atoms with Gasteiger partial charge in [0, 0.05) is 12.5 Å². The minimum absolute atomic E-state index is 0.0431. The number of hydrogen-bond donors (Lipinski definition) is 0. The van der Waals surface area contributed by atoms with Crippen LogP contribution in [0, 0.1) is 11.2 Å². The zero-order chi connectivity index (χ0) is 18.5. The normalized spacial score (nSPS) is 13.4. The van der Waals surface area contributed by atoms with E-state index in [-0.39, 0.29) is 11.3 Å². The molecule has 24 heavy (non-hydrogen) atoms. The molecule has 0 fully saturated rings. The fraction of sp³-hybridized carbons (Fsp3) is 0.533. The predicted molar refractivity (Wildman–Crippen MR) is 82.1 cm³/mol. The molecule has 0 amide bonds. The number of halogens is 1. The number of carbonyl (C=O) groups is 1. The van der Waals surface area contributed by atoms with Crippen molar-refractivity contribution in [2.75, 3.05) is 19.5 Å². The molecule has 0 aromatic heterocycles. The van der Waals surface area contributed by atoms with Gasteiger partial charge < -0.3 is 18.8 Å². The Balaban J connectivity index is 2.87. The Bertz CT molecular complexity index is 680. The maximum atomic E-state index is 13.9. The third-order valence-electron chi connectivity index (χ3n) is 2.89. The summed E-state index contributed by atoms with van der Waals surface area (Å²) in [4.78, 5) is 11.8. The van der Waals surface area contributed by atoms with Crippen LogP contribution in [0.5, 0.6) is 5.75 Å². The van der Waals surface area contributed by atoms with Gasteiger partial charge in [-0.2, -0.15) is 0 Å². The standard InChI is InChI=1S/C15H21FO7S/c1-15(2,3)14(21-4)23-12-9-10(5-6-11(12)16)13(17)22-7-8-24(18,19)20/h5-6,9,14H,7-8H2,1-4H3,(H,18,19,20)/p-1. The lowest BCUT2D eigenvalue weighted by Crippen LogP contribution is -2.34. The fourth-order valence-electron chi connectivity index (χ4n) is 1.73. The van der Waals surface area contributed by atoms with Crippen molar-refractivity contribution in [1.82, 2.24) is 0 Å². The Morgan fingerprint density at radius 1 is 1.33 bits per heavy atom. The van der Waals surface area contributed by atoms with Crippen LogP contribution >= 0.6 is 0 Å². The number of rotatable bonds is 7. The van der Waals surface area contributed by atoms with E-state index in [9.17, 15) is 22.2 Å². The van der Waals surface area contributed by atoms with E-state index in [0.717, 1.165) is 18.2 Å². The van der Waals surface area contributed by atoms with Gasteiger partial charge in [0.1, 0.15) is 6.61 Å². The Morgan fingerprint density at radius 2 is 1.96 bits per heavy atom. The van der Waals surface area contributed by atoms with Crippen LogP contribution in [-0.4, -0.2) is 44.7 Å². The molecule has 0 saturated carbocycles. The van der Waals surface area contributed by atoms with Crippen molar-refractivity contribution < 1.29 is 36.4 Å². The van der Waals surface area contributed by atoms with Crippen molar-refractivity contribution in [1.29, 1.82) is 0 Å². The summed E-state index contributed by atoms with van der Waals surface area (Å²) in [5, 5.41) is 0. The van der Waals surface area contributed by atoms with Crippen molar-refractivity contribution >= 4 is 16.1 Å². The van der Waals surface area contributed by atoms with Crippen molar-refractivity contribution in [3.05, 3.63) is 29.6 Å². The number of carbonyl (C=O) groups excluding carboxylic acids is 1. The molecule has 0 spiro atoms. The molecule has 0 saturated heterocycles. The molecule has 0 aliphatic rings. The Labute approximate surface area is 140 Å². The van der Waals surface area contributed by atoms with E-state index in [1.807, 2.05) is 20.8 Å². The Kier molecular flexibility index (Phi) is 6.70. The second kappa shape index (κ2) is 7.91. The van der Waals surface area contributed by atoms with Crippen LogP contribution in [0.2, 0.25) is 0 Å². The molecule has 0 aliphatic carbocycles. The largest absolute Gasteiger partial charge is 0.748 e. The zero-order valence-corrected chi connectivity index (χ0v) is 14.7. The molecule has 0 radical (unpaired) electrons. The van der Waals surface area contributed by atoms with Crippen LogP contribution in [0.15, 0.2) is 18.2 Å². The lowest BCUT2D eigenvalue weighted by molar-refractivity contribution is -0.122. The minimum atomic E-state index is -4.48. The van der Waals surface area contributed by atoms with Crippen molar-refractivity contribution in [2.45, 2.75) is 27.1 Å². The Morgan fingerprint density at radius 3 is 2.46 bits per heavy atom. The van der Waals surface area contributed by atoms with Crippen LogP contribution in [0.1, 0.15) is 31.1 Å². The quantitative estimate of drug-likeness (QED) is 0.414. The first-order valence-electron chi connectivity index (χ1n) is 7.04. The number of ether oxygens (including phenoxy) is 3. The fourth-order valence-corrected chi connectivity index (χ4v) is 2.02. The van der Waals surface area contributed by atoms with Gasteiger partial charge in [0.15, 0.2) is 11.6 Å². The van der Waals surface area contributed by atoms with Crippen LogP contribution < -0.4 is 4.74 Å². The van der Waals surface area contributed by atoms with Crippen molar-refractivity contribution in [3.63, 3.8) is 0 Å². The molecule has 1 aromatic rings. The molecule has 1 atom stereocenters. The lowest BCUT2D eigenvalue weighted by Gasteiger charge is -2.29. The van der Waals surface area contributed by atoms with Crippen LogP contribution in [0.3, 0.4) is 0 Å². The summed E-state index contributed by atoms with van der Waals surface area (Å²) in [5.74, 6) is -2.63. The van der Waals surface area contributed by atoms with Gasteiger partial charge in [-0.25, -0.2) is 17.6 Å². The molecule has 7 nitrogen and oxygen atoms in total. The summed E-state index contributed by atoms with van der Waals surface area (Å²) >= 11 is 0. The van der Waals surface area contributed by atoms with Gasteiger partial charge in [-0.15, -0.1) is 0 Å². The van der Waals surface area contributed by atoms with Crippen LogP contribution in [-0.2, 0) is 19.6 Å². The highest BCUT2D eigenvalue weighted by molar-refractivity contribution is 7.85. The Hall–Kier alpha value is -1.71. The van der Waals surface area contributed by atoms with Gasteiger partial charge in [-0.3, -0.25) is 0 Å². The summed E-state index contributed by atoms with van der Waals surface area (Å²) in [6.45, 7) is 4.92. The van der Waals surface area contributed by atoms with E-state index in [4.69, 9.17) is 9.47 Å². The molecule has 0 aliphatic heterocycles. The predicted octanol–water partition coefficient (Wildman–Crippen LogP) is 1.93. The molecular formula is C15H20FO7S-. The monoisotopic (exact) mass is 363 g/mol. The second-order valence-corrected chi connectivity index (χ2v) is 7.62. The third-order valence-corrected chi connectivity index (χ3v) is 3.56. The second-order valence-electron chi connectivity index (χ2n) is 6.09. The van der Waals surface area contributed by atoms with Gasteiger partial charge in [0.05, 0.1) is 21.4 Å². The smallest absolute Gasteiger partial charge is 0.338 e. The lowest BCUT2D eigenvalue weighted by atomic mass is 9.96. The van der Waals surface area contributed by atoms with Gasteiger partial charge >= 0.3 is 5.97 Å². The van der Waals surface area contributed by atoms with Gasteiger partial charge in [0.25, 0.3) is 0 Å². The van der Waals surface area contributed by atoms with E-state index in [2.05, 4.69) is 4.74 Å². The van der Waals surface area contributed by atoms with Gasteiger partial charge in [0.2, 0.25) is 6.29 Å². The van der Waals surface area contributed by atoms with E-state index in [1.54, 1.807) is 0 Å². The number of hydrogen-bond acceptors (Lipinski definition) is 7. The van der Waals surface area contributed by atoms with E-state index in [0.29, 0.717) is 0 Å². The first kappa shape index (κ1) is 20.3. The summed E-state index contributed by atoms with van der Waals surface area (Å²) in [5.41, 5.74) is -0.487. The van der Waals surface area contributed by atoms with Gasteiger partial charge in [-0.05, 0) is 18.2 Å².